The summed E-state index contributed by atoms with van der Waals surface area (Å²) in [6.45, 7) is 12.1. The number of hydrogen-bond acceptors (Lipinski definition) is 3. The van der Waals surface area contributed by atoms with Crippen LogP contribution in [-0.4, -0.2) is 38.2 Å². The standard InChI is InChI=1S/C16H26N2O/c1-16(2,3)14-5-6-15(19-4)13(11-14)12-18-9-7-17-8-10-18/h5-6,11,17H,7-10,12H2,1-4H3. The summed E-state index contributed by atoms with van der Waals surface area (Å²) in [5.74, 6) is 1.01. The average Bonchev–Trinajstić information content (AvgIpc) is 2.39. The van der Waals surface area contributed by atoms with Crippen LogP contribution in [0.25, 0.3) is 0 Å². The van der Waals surface area contributed by atoms with Gasteiger partial charge in [-0.25, -0.2) is 0 Å². The summed E-state index contributed by atoms with van der Waals surface area (Å²) in [5.41, 5.74) is 2.86. The van der Waals surface area contributed by atoms with Crippen LogP contribution in [0.4, 0.5) is 0 Å². The molecule has 1 saturated heterocycles. The highest BCUT2D eigenvalue weighted by atomic mass is 16.5. The molecule has 1 N–H and O–H groups in total. The van der Waals surface area contributed by atoms with Gasteiger partial charge in [-0.05, 0) is 17.0 Å². The zero-order valence-electron chi connectivity index (χ0n) is 12.6. The molecule has 3 nitrogen and oxygen atoms in total. The van der Waals surface area contributed by atoms with E-state index in [1.807, 2.05) is 0 Å². The van der Waals surface area contributed by atoms with Gasteiger partial charge in [-0.3, -0.25) is 4.90 Å². The SMILES string of the molecule is COc1ccc(C(C)(C)C)cc1CN1CCNCC1. The predicted molar refractivity (Wildman–Crippen MR) is 79.8 cm³/mol. The number of ether oxygens (including phenoxy) is 1. The Balaban J connectivity index is 2.20. The molecule has 1 aliphatic rings. The Bertz CT molecular complexity index is 417. The third kappa shape index (κ3) is 3.71. The number of hydrogen-bond donors (Lipinski definition) is 1. The van der Waals surface area contributed by atoms with Crippen molar-refractivity contribution in [3.8, 4) is 5.75 Å². The van der Waals surface area contributed by atoms with Gasteiger partial charge >= 0.3 is 0 Å². The molecule has 1 aromatic rings. The van der Waals surface area contributed by atoms with Crippen LogP contribution in [0.5, 0.6) is 5.75 Å². The summed E-state index contributed by atoms with van der Waals surface area (Å²) >= 11 is 0. The molecule has 0 unspecified atom stereocenters. The summed E-state index contributed by atoms with van der Waals surface area (Å²) in [6, 6.07) is 6.60. The molecule has 0 radical (unpaired) electrons. The Morgan fingerprint density at radius 1 is 1.21 bits per heavy atom. The molecule has 106 valence electrons. The monoisotopic (exact) mass is 262 g/mol. The number of rotatable bonds is 3. The topological polar surface area (TPSA) is 24.5 Å². The maximum atomic E-state index is 5.51. The zero-order valence-corrected chi connectivity index (χ0v) is 12.6. The molecule has 1 aliphatic heterocycles. The highest BCUT2D eigenvalue weighted by molar-refractivity contribution is 5.39. The summed E-state index contributed by atoms with van der Waals surface area (Å²) in [5, 5.41) is 3.39. The van der Waals surface area contributed by atoms with Crippen LogP contribution in [0.3, 0.4) is 0 Å². The fourth-order valence-electron chi connectivity index (χ4n) is 2.48. The van der Waals surface area contributed by atoms with Crippen molar-refractivity contribution in [2.24, 2.45) is 0 Å². The second kappa shape index (κ2) is 5.93. The molecule has 19 heavy (non-hydrogen) atoms. The van der Waals surface area contributed by atoms with Gasteiger partial charge in [-0.1, -0.05) is 32.9 Å². The number of benzene rings is 1. The predicted octanol–water partition coefficient (Wildman–Crippen LogP) is 2.40. The second-order valence-electron chi connectivity index (χ2n) is 6.30. The molecule has 1 heterocycles. The minimum atomic E-state index is 0.185. The largest absolute Gasteiger partial charge is 0.496 e. The van der Waals surface area contributed by atoms with Crippen molar-refractivity contribution < 1.29 is 4.74 Å². The summed E-state index contributed by atoms with van der Waals surface area (Å²) < 4.78 is 5.51. The molecule has 1 aromatic carbocycles. The van der Waals surface area contributed by atoms with Crippen molar-refractivity contribution in [2.45, 2.75) is 32.7 Å². The normalized spacial score (nSPS) is 17.5. The lowest BCUT2D eigenvalue weighted by Crippen LogP contribution is -2.42. The van der Waals surface area contributed by atoms with Crippen molar-refractivity contribution in [1.82, 2.24) is 10.2 Å². The number of piperazine rings is 1. The van der Waals surface area contributed by atoms with Crippen LogP contribution in [0.2, 0.25) is 0 Å². The number of methoxy groups -OCH3 is 1. The van der Waals surface area contributed by atoms with E-state index < -0.39 is 0 Å². The third-order valence-electron chi connectivity index (χ3n) is 3.75. The fraction of sp³-hybridized carbons (Fsp3) is 0.625. The molecule has 0 atom stereocenters. The van der Waals surface area contributed by atoms with Crippen LogP contribution >= 0.6 is 0 Å². The molecular formula is C16H26N2O. The summed E-state index contributed by atoms with van der Waals surface area (Å²) in [7, 11) is 1.76. The third-order valence-corrected chi connectivity index (χ3v) is 3.75. The van der Waals surface area contributed by atoms with Crippen molar-refractivity contribution in [3.05, 3.63) is 29.3 Å². The van der Waals surface area contributed by atoms with E-state index in [1.54, 1.807) is 7.11 Å². The average molecular weight is 262 g/mol. The van der Waals surface area contributed by atoms with Gasteiger partial charge < -0.3 is 10.1 Å². The van der Waals surface area contributed by atoms with E-state index in [2.05, 4.69) is 49.2 Å². The highest BCUT2D eigenvalue weighted by Gasteiger charge is 2.18. The maximum Gasteiger partial charge on any atom is 0.123 e. The van der Waals surface area contributed by atoms with Crippen molar-refractivity contribution in [2.75, 3.05) is 33.3 Å². The Morgan fingerprint density at radius 2 is 1.89 bits per heavy atom. The smallest absolute Gasteiger partial charge is 0.123 e. The molecule has 0 spiro atoms. The first kappa shape index (κ1) is 14.4. The molecule has 2 rings (SSSR count). The van der Waals surface area contributed by atoms with Gasteiger partial charge in [0.2, 0.25) is 0 Å². The fourth-order valence-corrected chi connectivity index (χ4v) is 2.48. The summed E-state index contributed by atoms with van der Waals surface area (Å²) in [6.07, 6.45) is 0. The first-order chi connectivity index (χ1) is 9.00. The van der Waals surface area contributed by atoms with E-state index >= 15 is 0 Å². The number of nitrogens with one attached hydrogen (secondary N) is 1. The van der Waals surface area contributed by atoms with Crippen LogP contribution in [-0.2, 0) is 12.0 Å². The quantitative estimate of drug-likeness (QED) is 0.905. The molecule has 3 heteroatoms. The van der Waals surface area contributed by atoms with Crippen molar-refractivity contribution >= 4 is 0 Å². The first-order valence-electron chi connectivity index (χ1n) is 7.11. The van der Waals surface area contributed by atoms with Crippen molar-refractivity contribution in [1.29, 1.82) is 0 Å². The van der Waals surface area contributed by atoms with Gasteiger partial charge in [-0.2, -0.15) is 0 Å². The van der Waals surface area contributed by atoms with Crippen molar-refractivity contribution in [3.63, 3.8) is 0 Å². The second-order valence-corrected chi connectivity index (χ2v) is 6.30. The van der Waals surface area contributed by atoms with Gasteiger partial charge in [0.15, 0.2) is 0 Å². The Morgan fingerprint density at radius 3 is 2.47 bits per heavy atom. The van der Waals surface area contributed by atoms with Crippen LogP contribution < -0.4 is 10.1 Å². The summed E-state index contributed by atoms with van der Waals surface area (Å²) in [4.78, 5) is 2.49. The van der Waals surface area contributed by atoms with Crippen LogP contribution in [0.1, 0.15) is 31.9 Å². The Hall–Kier alpha value is -1.06. The van der Waals surface area contributed by atoms with E-state index in [1.165, 1.54) is 11.1 Å². The maximum absolute atomic E-state index is 5.51. The van der Waals surface area contributed by atoms with Gasteiger partial charge in [0.05, 0.1) is 7.11 Å². The molecule has 0 bridgehead atoms. The van der Waals surface area contributed by atoms with Gasteiger partial charge in [0.1, 0.15) is 5.75 Å². The van der Waals surface area contributed by atoms with E-state index in [4.69, 9.17) is 4.74 Å². The molecule has 0 aromatic heterocycles. The lowest BCUT2D eigenvalue weighted by molar-refractivity contribution is 0.230. The molecule has 0 amide bonds. The van der Waals surface area contributed by atoms with Crippen LogP contribution in [0, 0.1) is 0 Å². The highest BCUT2D eigenvalue weighted by Crippen LogP contribution is 2.28. The minimum absolute atomic E-state index is 0.185. The lowest BCUT2D eigenvalue weighted by atomic mass is 9.86. The molecule has 0 saturated carbocycles. The van der Waals surface area contributed by atoms with E-state index in [0.29, 0.717) is 0 Å². The molecule has 1 fully saturated rings. The van der Waals surface area contributed by atoms with Gasteiger partial charge in [0, 0.05) is 38.3 Å². The molecule has 0 aliphatic carbocycles. The first-order valence-corrected chi connectivity index (χ1v) is 7.11. The number of nitrogens with zero attached hydrogens (tertiary/aromatic N) is 1. The van der Waals surface area contributed by atoms with Gasteiger partial charge in [-0.15, -0.1) is 0 Å². The zero-order chi connectivity index (χ0) is 13.9. The minimum Gasteiger partial charge on any atom is -0.496 e. The van der Waals surface area contributed by atoms with Crippen LogP contribution in [0.15, 0.2) is 18.2 Å². The Labute approximate surface area is 116 Å². The lowest BCUT2D eigenvalue weighted by Gasteiger charge is -2.28. The van der Waals surface area contributed by atoms with Gasteiger partial charge in [0.25, 0.3) is 0 Å². The van der Waals surface area contributed by atoms with E-state index in [0.717, 1.165) is 38.5 Å². The molecular weight excluding hydrogens is 236 g/mol. The Kier molecular flexibility index (Phi) is 4.48. The van der Waals surface area contributed by atoms with E-state index in [9.17, 15) is 0 Å². The van der Waals surface area contributed by atoms with E-state index in [-0.39, 0.29) is 5.41 Å².